The molecule has 0 bridgehead atoms. The third-order valence-electron chi connectivity index (χ3n) is 3.28. The van der Waals surface area contributed by atoms with Crippen molar-refractivity contribution in [2.24, 2.45) is 5.10 Å². The molecular formula is C18H17Cl3N2O3. The van der Waals surface area contributed by atoms with Crippen molar-refractivity contribution < 1.29 is 14.3 Å². The van der Waals surface area contributed by atoms with Gasteiger partial charge in [0.25, 0.3) is 0 Å². The Labute approximate surface area is 166 Å². The number of carbonyl (C=O) groups is 1. The molecule has 8 heteroatoms. The lowest BCUT2D eigenvalue weighted by atomic mass is 10.2. The number of methoxy groups -OCH3 is 1. The van der Waals surface area contributed by atoms with Crippen LogP contribution in [0.3, 0.4) is 0 Å². The molecule has 0 aliphatic carbocycles. The Morgan fingerprint density at radius 2 is 1.81 bits per heavy atom. The number of ether oxygens (including phenoxy) is 2. The zero-order chi connectivity index (χ0) is 18.9. The van der Waals surface area contributed by atoms with Crippen LogP contribution in [0.4, 0.5) is 0 Å². The predicted molar refractivity (Wildman–Crippen MR) is 105 cm³/mol. The molecule has 0 aromatic heterocycles. The molecule has 0 saturated heterocycles. The molecule has 1 amide bonds. The summed E-state index contributed by atoms with van der Waals surface area (Å²) in [7, 11) is 1.55. The Balaban J connectivity index is 1.74. The van der Waals surface area contributed by atoms with Crippen LogP contribution in [0.2, 0.25) is 15.1 Å². The van der Waals surface area contributed by atoms with Gasteiger partial charge in [0.2, 0.25) is 5.91 Å². The molecule has 0 atom stereocenters. The number of nitrogens with zero attached hydrogens (tertiary/aromatic N) is 1. The third kappa shape index (κ3) is 6.41. The molecular weight excluding hydrogens is 399 g/mol. The molecule has 2 rings (SSSR count). The Hall–Kier alpha value is -1.95. The Morgan fingerprint density at radius 3 is 2.50 bits per heavy atom. The summed E-state index contributed by atoms with van der Waals surface area (Å²) in [6, 6.07) is 10.1. The van der Waals surface area contributed by atoms with Crippen LogP contribution in [0.25, 0.3) is 0 Å². The highest BCUT2D eigenvalue weighted by atomic mass is 35.5. The van der Waals surface area contributed by atoms with Crippen molar-refractivity contribution >= 4 is 46.9 Å². The first-order chi connectivity index (χ1) is 12.5. The molecule has 0 fully saturated rings. The van der Waals surface area contributed by atoms with Gasteiger partial charge in [0, 0.05) is 22.0 Å². The molecule has 2 aromatic carbocycles. The highest BCUT2D eigenvalue weighted by Crippen LogP contribution is 2.27. The smallest absolute Gasteiger partial charge is 0.240 e. The number of hydrazone groups is 1. The van der Waals surface area contributed by atoms with Gasteiger partial charge in [-0.3, -0.25) is 4.79 Å². The number of carbonyl (C=O) groups excluding carboxylic acids is 1. The van der Waals surface area contributed by atoms with Gasteiger partial charge in [-0.2, -0.15) is 5.10 Å². The summed E-state index contributed by atoms with van der Waals surface area (Å²) in [5, 5.41) is 5.43. The monoisotopic (exact) mass is 414 g/mol. The van der Waals surface area contributed by atoms with E-state index in [1.54, 1.807) is 43.5 Å². The number of amides is 1. The molecule has 5 nitrogen and oxygen atoms in total. The Kier molecular flexibility index (Phi) is 8.04. The third-order valence-corrected chi connectivity index (χ3v) is 4.05. The van der Waals surface area contributed by atoms with Crippen LogP contribution >= 0.6 is 34.8 Å². The van der Waals surface area contributed by atoms with E-state index >= 15 is 0 Å². The van der Waals surface area contributed by atoms with E-state index in [-0.39, 0.29) is 12.3 Å². The maximum atomic E-state index is 11.8. The maximum absolute atomic E-state index is 11.8. The van der Waals surface area contributed by atoms with Crippen LogP contribution in [0.15, 0.2) is 41.5 Å². The number of nitrogens with one attached hydrogen (secondary N) is 1. The molecule has 0 aliphatic rings. The normalized spacial score (nSPS) is 10.8. The van der Waals surface area contributed by atoms with Crippen molar-refractivity contribution in [3.63, 3.8) is 0 Å². The first kappa shape index (κ1) is 20.4. The quantitative estimate of drug-likeness (QED) is 0.376. The predicted octanol–water partition coefficient (Wildman–Crippen LogP) is 4.96. The maximum Gasteiger partial charge on any atom is 0.240 e. The second-order valence-corrected chi connectivity index (χ2v) is 6.49. The largest absolute Gasteiger partial charge is 0.496 e. The minimum atomic E-state index is -0.229. The lowest BCUT2D eigenvalue weighted by Gasteiger charge is -2.07. The summed E-state index contributed by atoms with van der Waals surface area (Å²) in [5.41, 5.74) is 3.12. The molecule has 2 aromatic rings. The zero-order valence-electron chi connectivity index (χ0n) is 14.0. The fraction of sp³-hybridized carbons (Fsp3) is 0.222. The average molecular weight is 416 g/mol. The van der Waals surface area contributed by atoms with Gasteiger partial charge in [0.15, 0.2) is 0 Å². The lowest BCUT2D eigenvalue weighted by Crippen LogP contribution is -2.18. The van der Waals surface area contributed by atoms with E-state index in [1.807, 2.05) is 0 Å². The lowest BCUT2D eigenvalue weighted by molar-refractivity contribution is -0.121. The van der Waals surface area contributed by atoms with Crippen LogP contribution < -0.4 is 14.9 Å². The van der Waals surface area contributed by atoms with Crippen molar-refractivity contribution in [2.45, 2.75) is 12.8 Å². The number of hydrogen-bond acceptors (Lipinski definition) is 4. The molecule has 26 heavy (non-hydrogen) atoms. The summed E-state index contributed by atoms with van der Waals surface area (Å²) in [6.45, 7) is 0.348. The number of rotatable bonds is 8. The Bertz CT molecular complexity index is 797. The minimum absolute atomic E-state index is 0.229. The van der Waals surface area contributed by atoms with E-state index < -0.39 is 0 Å². The van der Waals surface area contributed by atoms with Crippen LogP contribution in [-0.2, 0) is 4.79 Å². The minimum Gasteiger partial charge on any atom is -0.496 e. The number of halogens is 3. The summed E-state index contributed by atoms with van der Waals surface area (Å²) in [6.07, 6.45) is 2.25. The molecule has 1 N–H and O–H groups in total. The van der Waals surface area contributed by atoms with E-state index in [4.69, 9.17) is 44.3 Å². The van der Waals surface area contributed by atoms with Crippen LogP contribution in [0.5, 0.6) is 11.5 Å². The van der Waals surface area contributed by atoms with E-state index in [1.165, 1.54) is 6.21 Å². The second-order valence-electron chi connectivity index (χ2n) is 5.21. The molecule has 0 radical (unpaired) electrons. The first-order valence-corrected chi connectivity index (χ1v) is 8.86. The first-order valence-electron chi connectivity index (χ1n) is 7.73. The highest BCUT2D eigenvalue weighted by molar-refractivity contribution is 6.35. The molecule has 0 heterocycles. The summed E-state index contributed by atoms with van der Waals surface area (Å²) in [4.78, 5) is 11.8. The van der Waals surface area contributed by atoms with Gasteiger partial charge in [-0.05, 0) is 42.8 Å². The zero-order valence-corrected chi connectivity index (χ0v) is 16.2. The van der Waals surface area contributed by atoms with E-state index in [9.17, 15) is 4.79 Å². The van der Waals surface area contributed by atoms with E-state index in [0.717, 1.165) is 0 Å². The van der Waals surface area contributed by atoms with Crippen LogP contribution in [0.1, 0.15) is 18.4 Å². The SMILES string of the molecule is COc1ccc(Cl)cc1C=NNC(=O)CCCOc1ccc(Cl)cc1Cl. The van der Waals surface area contributed by atoms with Gasteiger partial charge in [0.05, 0.1) is 25.0 Å². The summed E-state index contributed by atoms with van der Waals surface area (Å²) in [5.74, 6) is 0.913. The Morgan fingerprint density at radius 1 is 1.12 bits per heavy atom. The molecule has 138 valence electrons. The topological polar surface area (TPSA) is 59.9 Å². The molecule has 0 aliphatic heterocycles. The van der Waals surface area contributed by atoms with Crippen molar-refractivity contribution in [1.82, 2.24) is 5.43 Å². The molecule has 0 spiro atoms. The van der Waals surface area contributed by atoms with Crippen molar-refractivity contribution in [1.29, 1.82) is 0 Å². The second kappa shape index (κ2) is 10.3. The van der Waals surface area contributed by atoms with Gasteiger partial charge >= 0.3 is 0 Å². The van der Waals surface area contributed by atoms with Gasteiger partial charge in [-0.1, -0.05) is 34.8 Å². The fourth-order valence-electron chi connectivity index (χ4n) is 2.04. The van der Waals surface area contributed by atoms with E-state index in [0.29, 0.717) is 45.2 Å². The van der Waals surface area contributed by atoms with Gasteiger partial charge in [-0.25, -0.2) is 5.43 Å². The van der Waals surface area contributed by atoms with Crippen molar-refractivity contribution in [3.8, 4) is 11.5 Å². The fourth-order valence-corrected chi connectivity index (χ4v) is 2.69. The highest BCUT2D eigenvalue weighted by Gasteiger charge is 2.05. The van der Waals surface area contributed by atoms with Crippen LogP contribution in [0, 0.1) is 0 Å². The van der Waals surface area contributed by atoms with E-state index in [2.05, 4.69) is 10.5 Å². The average Bonchev–Trinajstić information content (AvgIpc) is 2.60. The summed E-state index contributed by atoms with van der Waals surface area (Å²) >= 11 is 17.8. The van der Waals surface area contributed by atoms with Gasteiger partial charge in [0.1, 0.15) is 11.5 Å². The van der Waals surface area contributed by atoms with Crippen LogP contribution in [-0.4, -0.2) is 25.8 Å². The summed E-state index contributed by atoms with van der Waals surface area (Å²) < 4.78 is 10.7. The molecule has 0 saturated carbocycles. The molecule has 0 unspecified atom stereocenters. The van der Waals surface area contributed by atoms with Crippen molar-refractivity contribution in [2.75, 3.05) is 13.7 Å². The van der Waals surface area contributed by atoms with Gasteiger partial charge < -0.3 is 9.47 Å². The standard InChI is InChI=1S/C18H17Cl3N2O3/c1-25-16-6-4-13(19)9-12(16)11-22-23-18(24)3-2-8-26-17-7-5-14(20)10-15(17)21/h4-7,9-11H,2-3,8H2,1H3,(H,23,24). The van der Waals surface area contributed by atoms with Gasteiger partial charge in [-0.15, -0.1) is 0 Å². The van der Waals surface area contributed by atoms with Crippen molar-refractivity contribution in [3.05, 3.63) is 57.0 Å². The number of hydrogen-bond donors (Lipinski definition) is 1. The number of benzene rings is 2.